The van der Waals surface area contributed by atoms with Gasteiger partial charge in [0.1, 0.15) is 16.9 Å². The molecule has 12 nitrogen and oxygen atoms in total. The van der Waals surface area contributed by atoms with Crippen LogP contribution < -0.4 is 20.9 Å². The number of nitrogens with one attached hydrogen (secondary N) is 3. The summed E-state index contributed by atoms with van der Waals surface area (Å²) in [5, 5.41) is 16.1. The van der Waals surface area contributed by atoms with Crippen molar-refractivity contribution in [3.8, 4) is 5.75 Å². The van der Waals surface area contributed by atoms with Crippen molar-refractivity contribution < 1.29 is 27.5 Å². The molecule has 38 heavy (non-hydrogen) atoms. The van der Waals surface area contributed by atoms with E-state index in [1.165, 1.54) is 27.8 Å². The van der Waals surface area contributed by atoms with Gasteiger partial charge in [0.2, 0.25) is 10.0 Å². The number of pyridine rings is 2. The van der Waals surface area contributed by atoms with E-state index in [9.17, 15) is 32.3 Å². The van der Waals surface area contributed by atoms with Gasteiger partial charge in [-0.05, 0) is 35.7 Å². The zero-order valence-corrected chi connectivity index (χ0v) is 21.3. The van der Waals surface area contributed by atoms with E-state index >= 15 is 0 Å². The Morgan fingerprint density at radius 3 is 2.55 bits per heavy atom. The van der Waals surface area contributed by atoms with Crippen molar-refractivity contribution in [2.24, 2.45) is 0 Å². The highest BCUT2D eigenvalue weighted by Gasteiger charge is 2.24. The highest BCUT2D eigenvalue weighted by molar-refractivity contribution is 7.88. The van der Waals surface area contributed by atoms with Gasteiger partial charge in [-0.15, -0.1) is 0 Å². The maximum atomic E-state index is 13.4. The largest absolute Gasteiger partial charge is 0.505 e. The number of benzene rings is 1. The molecule has 0 unspecified atom stereocenters. The number of rotatable bonds is 10. The summed E-state index contributed by atoms with van der Waals surface area (Å²) in [6, 6.07) is 7.22. The maximum Gasteiger partial charge on any atom is 0.317 e. The number of halogens is 1. The lowest BCUT2D eigenvalue weighted by molar-refractivity contribution is 0.0945. The van der Waals surface area contributed by atoms with Crippen molar-refractivity contribution in [1.82, 2.24) is 29.8 Å². The number of aromatic hydroxyl groups is 1. The number of carbonyl (C=O) groups is 2. The molecule has 0 radical (unpaired) electrons. The highest BCUT2D eigenvalue weighted by Crippen LogP contribution is 2.26. The number of carbonyl (C=O) groups excluding carboxylic acids is 2. The molecule has 0 atom stereocenters. The van der Waals surface area contributed by atoms with Crippen molar-refractivity contribution in [3.05, 3.63) is 69.4 Å². The van der Waals surface area contributed by atoms with Gasteiger partial charge in [0.25, 0.3) is 11.5 Å². The summed E-state index contributed by atoms with van der Waals surface area (Å²) < 4.78 is 39.9. The Bertz CT molecular complexity index is 1540. The van der Waals surface area contributed by atoms with Crippen molar-refractivity contribution in [3.63, 3.8) is 0 Å². The monoisotopic (exact) mass is 546 g/mol. The molecule has 1 saturated heterocycles. The van der Waals surface area contributed by atoms with Crippen LogP contribution >= 0.6 is 0 Å². The topological polar surface area (TPSA) is 163 Å². The third-order valence-electron chi connectivity index (χ3n) is 6.00. The highest BCUT2D eigenvalue weighted by atomic mass is 32.2. The minimum absolute atomic E-state index is 0.0177. The lowest BCUT2D eigenvalue weighted by Gasteiger charge is -2.17. The molecule has 1 fully saturated rings. The van der Waals surface area contributed by atoms with E-state index in [0.29, 0.717) is 25.1 Å². The average molecular weight is 547 g/mol. The summed E-state index contributed by atoms with van der Waals surface area (Å²) in [7, 11) is -3.55. The molecular weight excluding hydrogens is 519 g/mol. The van der Waals surface area contributed by atoms with Gasteiger partial charge in [0, 0.05) is 45.5 Å². The second kappa shape index (κ2) is 11.1. The average Bonchev–Trinajstić information content (AvgIpc) is 3.26. The maximum absolute atomic E-state index is 13.4. The molecule has 4 N–H and O–H groups in total. The molecular formula is C24H27FN6O6S. The first-order valence-electron chi connectivity index (χ1n) is 11.8. The second-order valence-electron chi connectivity index (χ2n) is 8.84. The van der Waals surface area contributed by atoms with Crippen LogP contribution in [0.3, 0.4) is 0 Å². The van der Waals surface area contributed by atoms with Crippen LogP contribution in [0.2, 0.25) is 0 Å². The van der Waals surface area contributed by atoms with Crippen molar-refractivity contribution >= 4 is 33.0 Å². The number of fused-ring (bicyclic) bond motifs is 1. The molecule has 14 heteroatoms. The van der Waals surface area contributed by atoms with Gasteiger partial charge < -0.3 is 25.2 Å². The molecule has 202 valence electrons. The first-order chi connectivity index (χ1) is 18.0. The van der Waals surface area contributed by atoms with E-state index < -0.39 is 32.8 Å². The van der Waals surface area contributed by atoms with Crippen molar-refractivity contribution in [2.45, 2.75) is 13.0 Å². The van der Waals surface area contributed by atoms with E-state index in [-0.39, 0.29) is 49.1 Å². The third-order valence-corrected chi connectivity index (χ3v) is 6.72. The van der Waals surface area contributed by atoms with E-state index in [4.69, 9.17) is 0 Å². The Kier molecular flexibility index (Phi) is 7.92. The van der Waals surface area contributed by atoms with Crippen LogP contribution in [-0.4, -0.2) is 78.9 Å². The zero-order valence-electron chi connectivity index (χ0n) is 20.5. The molecule has 0 spiro atoms. The summed E-state index contributed by atoms with van der Waals surface area (Å²) in [4.78, 5) is 43.8. The van der Waals surface area contributed by atoms with Gasteiger partial charge in [0.05, 0.1) is 11.8 Å². The fourth-order valence-electron chi connectivity index (χ4n) is 4.17. The van der Waals surface area contributed by atoms with Crippen LogP contribution in [0.1, 0.15) is 21.5 Å². The normalized spacial score (nSPS) is 13.6. The molecule has 3 aromatic rings. The summed E-state index contributed by atoms with van der Waals surface area (Å²) >= 11 is 0. The first kappa shape index (κ1) is 27.0. The molecule has 0 aliphatic carbocycles. The SMILES string of the molecule is CS(=O)(=O)NCCn1c(=O)c(C(=O)NCCN2CCNC2=O)c(O)c2ncc(Cc3ccc(F)cc3)cc21. The van der Waals surface area contributed by atoms with Gasteiger partial charge in [-0.25, -0.2) is 22.3 Å². The number of amides is 3. The number of hydrogen-bond acceptors (Lipinski definition) is 7. The van der Waals surface area contributed by atoms with E-state index in [1.54, 1.807) is 18.2 Å². The molecule has 1 aromatic carbocycles. The van der Waals surface area contributed by atoms with E-state index in [2.05, 4.69) is 20.3 Å². The minimum Gasteiger partial charge on any atom is -0.505 e. The van der Waals surface area contributed by atoms with Gasteiger partial charge in [-0.3, -0.25) is 14.6 Å². The smallest absolute Gasteiger partial charge is 0.317 e. The molecule has 0 bridgehead atoms. The van der Waals surface area contributed by atoms with Gasteiger partial charge in [-0.1, -0.05) is 12.1 Å². The van der Waals surface area contributed by atoms with Crippen LogP contribution in [0, 0.1) is 5.82 Å². The summed E-state index contributed by atoms with van der Waals surface area (Å²) in [5.41, 5.74) is 0.244. The van der Waals surface area contributed by atoms with Crippen LogP contribution in [0.4, 0.5) is 9.18 Å². The van der Waals surface area contributed by atoms with Crippen LogP contribution in [-0.2, 0) is 23.0 Å². The Balaban J connectivity index is 1.67. The fourth-order valence-corrected chi connectivity index (χ4v) is 4.63. The Labute approximate surface area is 217 Å². The van der Waals surface area contributed by atoms with Crippen molar-refractivity contribution in [2.75, 3.05) is 39.0 Å². The summed E-state index contributed by atoms with van der Waals surface area (Å²) in [6.07, 6.45) is 2.81. The van der Waals surface area contributed by atoms with E-state index in [0.717, 1.165) is 11.8 Å². The van der Waals surface area contributed by atoms with Crippen LogP contribution in [0.5, 0.6) is 5.75 Å². The number of nitrogens with zero attached hydrogens (tertiary/aromatic N) is 3. The van der Waals surface area contributed by atoms with Crippen LogP contribution in [0.25, 0.3) is 11.0 Å². The van der Waals surface area contributed by atoms with Crippen molar-refractivity contribution in [1.29, 1.82) is 0 Å². The van der Waals surface area contributed by atoms with Gasteiger partial charge in [0.15, 0.2) is 5.75 Å². The lowest BCUT2D eigenvalue weighted by Crippen LogP contribution is -2.39. The predicted octanol–water partition coefficient (Wildman–Crippen LogP) is 0.136. The third kappa shape index (κ3) is 6.26. The molecule has 3 amide bonds. The Morgan fingerprint density at radius 1 is 1.16 bits per heavy atom. The Hall–Kier alpha value is -4.04. The zero-order chi connectivity index (χ0) is 27.4. The second-order valence-corrected chi connectivity index (χ2v) is 10.7. The molecule has 0 saturated carbocycles. The first-order valence-corrected chi connectivity index (χ1v) is 13.7. The minimum atomic E-state index is -3.55. The quantitative estimate of drug-likeness (QED) is 0.281. The fraction of sp³-hybridized carbons (Fsp3) is 0.333. The number of urea groups is 1. The molecule has 1 aliphatic rings. The summed E-state index contributed by atoms with van der Waals surface area (Å²) in [6.45, 7) is 0.955. The molecule has 4 rings (SSSR count). The van der Waals surface area contributed by atoms with Gasteiger partial charge in [-0.2, -0.15) is 0 Å². The lowest BCUT2D eigenvalue weighted by atomic mass is 10.1. The van der Waals surface area contributed by atoms with Gasteiger partial charge >= 0.3 is 6.03 Å². The predicted molar refractivity (Wildman–Crippen MR) is 137 cm³/mol. The van der Waals surface area contributed by atoms with E-state index in [1.807, 2.05) is 0 Å². The molecule has 3 heterocycles. The summed E-state index contributed by atoms with van der Waals surface area (Å²) in [5.74, 6) is -1.84. The van der Waals surface area contributed by atoms with Crippen LogP contribution in [0.15, 0.2) is 41.3 Å². The Morgan fingerprint density at radius 2 is 1.89 bits per heavy atom. The number of sulfonamides is 1. The number of hydrogen-bond donors (Lipinski definition) is 4. The number of aromatic nitrogens is 2. The molecule has 2 aromatic heterocycles. The molecule has 1 aliphatic heterocycles. The standard InChI is InChI=1S/C24H27FN6O6S/c1-38(36,37)29-8-11-31-18-13-16(12-15-2-4-17(25)5-3-15)14-28-20(18)21(32)19(23(31)34)22(33)26-6-9-30-10-7-27-24(30)35/h2-5,13-14,29,32H,6-12H2,1H3,(H,26,33)(H,27,35).